The molecule has 2 N–H and O–H groups in total. The Morgan fingerprint density at radius 2 is 2.12 bits per heavy atom. The van der Waals surface area contributed by atoms with E-state index in [2.05, 4.69) is 11.2 Å². The van der Waals surface area contributed by atoms with Gasteiger partial charge in [-0.2, -0.15) is 5.10 Å². The molecule has 26 heavy (non-hydrogen) atoms. The monoisotopic (exact) mass is 356 g/mol. The lowest BCUT2D eigenvalue weighted by atomic mass is 9.92. The number of allylic oxidation sites excluding steroid dienone is 2. The average molecular weight is 356 g/mol. The molecule has 1 aromatic heterocycles. The summed E-state index contributed by atoms with van der Waals surface area (Å²) in [5, 5.41) is 13.0. The molecule has 0 saturated heterocycles. The summed E-state index contributed by atoms with van der Waals surface area (Å²) in [5.41, 5.74) is 3.41. The standard InChI is InChI=1S/C18H20N4O4/c1-11-13-5-2-3-6-15(13)26-16(11)18(24)21-7-4-8-22-12(10-21)9-14(19-22)17(23)20-25/h2-3,5-6,9,13,15,25H,4,7-8,10H2,1H3,(H,20,23). The summed E-state index contributed by atoms with van der Waals surface area (Å²) < 4.78 is 7.62. The van der Waals surface area contributed by atoms with Gasteiger partial charge in [0.1, 0.15) is 6.10 Å². The number of hydrogen-bond donors (Lipinski definition) is 2. The summed E-state index contributed by atoms with van der Waals surface area (Å²) in [4.78, 5) is 26.4. The minimum absolute atomic E-state index is 0.108. The lowest BCUT2D eigenvalue weighted by Crippen LogP contribution is -2.32. The first-order chi connectivity index (χ1) is 12.6. The van der Waals surface area contributed by atoms with Gasteiger partial charge in [-0.15, -0.1) is 0 Å². The number of aryl methyl sites for hydroxylation is 1. The molecule has 0 saturated carbocycles. The topological polar surface area (TPSA) is 96.7 Å². The van der Waals surface area contributed by atoms with Gasteiger partial charge < -0.3 is 9.64 Å². The average Bonchev–Trinajstić information content (AvgIpc) is 3.15. The number of carbonyl (C=O) groups is 2. The molecule has 2 atom stereocenters. The van der Waals surface area contributed by atoms with Gasteiger partial charge >= 0.3 is 0 Å². The van der Waals surface area contributed by atoms with E-state index in [1.54, 1.807) is 21.1 Å². The number of ether oxygens (including phenoxy) is 1. The molecule has 8 nitrogen and oxygen atoms in total. The summed E-state index contributed by atoms with van der Waals surface area (Å²) in [6, 6.07) is 1.60. The first-order valence-electron chi connectivity index (χ1n) is 8.61. The van der Waals surface area contributed by atoms with Gasteiger partial charge in [0.25, 0.3) is 11.8 Å². The molecule has 0 radical (unpaired) electrons. The van der Waals surface area contributed by atoms with Crippen LogP contribution in [0.5, 0.6) is 0 Å². The Kier molecular flexibility index (Phi) is 4.12. The largest absolute Gasteiger partial charge is 0.480 e. The van der Waals surface area contributed by atoms with Crippen LogP contribution in [0.1, 0.15) is 29.5 Å². The number of carbonyl (C=O) groups excluding carboxylic acids is 2. The number of nitrogens with zero attached hydrogens (tertiary/aromatic N) is 3. The van der Waals surface area contributed by atoms with Crippen molar-refractivity contribution in [2.24, 2.45) is 5.92 Å². The highest BCUT2D eigenvalue weighted by Gasteiger charge is 2.37. The van der Waals surface area contributed by atoms with Crippen molar-refractivity contribution in [3.05, 3.63) is 53.1 Å². The lowest BCUT2D eigenvalue weighted by molar-refractivity contribution is -0.131. The second kappa shape index (κ2) is 6.45. The van der Waals surface area contributed by atoms with Gasteiger partial charge in [-0.05, 0) is 31.1 Å². The van der Waals surface area contributed by atoms with Crippen molar-refractivity contribution >= 4 is 11.8 Å². The molecule has 2 amide bonds. The molecular weight excluding hydrogens is 336 g/mol. The van der Waals surface area contributed by atoms with Crippen molar-refractivity contribution in [1.29, 1.82) is 0 Å². The smallest absolute Gasteiger partial charge is 0.295 e. The third kappa shape index (κ3) is 2.72. The van der Waals surface area contributed by atoms with Crippen LogP contribution in [0.3, 0.4) is 0 Å². The Morgan fingerprint density at radius 3 is 2.88 bits per heavy atom. The van der Waals surface area contributed by atoms with E-state index >= 15 is 0 Å². The maximum Gasteiger partial charge on any atom is 0.295 e. The number of hydrogen-bond acceptors (Lipinski definition) is 5. The normalized spacial score (nSPS) is 24.0. The van der Waals surface area contributed by atoms with E-state index in [1.165, 1.54) is 0 Å². The van der Waals surface area contributed by atoms with E-state index in [-0.39, 0.29) is 23.6 Å². The molecular formula is C18H20N4O4. The van der Waals surface area contributed by atoms with Gasteiger partial charge in [-0.25, -0.2) is 5.48 Å². The number of fused-ring (bicyclic) bond motifs is 2. The number of nitrogens with one attached hydrogen (secondary N) is 1. The van der Waals surface area contributed by atoms with Gasteiger partial charge in [0.2, 0.25) is 0 Å². The van der Waals surface area contributed by atoms with Gasteiger partial charge in [0.15, 0.2) is 11.5 Å². The molecule has 4 rings (SSSR count). The van der Waals surface area contributed by atoms with Crippen LogP contribution >= 0.6 is 0 Å². The maximum absolute atomic E-state index is 13.1. The SMILES string of the molecule is CC1=C(C(=O)N2CCCn3nc(C(=O)NO)cc3C2)OC2C=CC=CC12. The Bertz CT molecular complexity index is 851. The zero-order chi connectivity index (χ0) is 18.3. The highest BCUT2D eigenvalue weighted by atomic mass is 16.5. The Hall–Kier alpha value is -2.87. The Labute approximate surface area is 150 Å². The summed E-state index contributed by atoms with van der Waals surface area (Å²) >= 11 is 0. The quantitative estimate of drug-likeness (QED) is 0.612. The molecule has 0 spiro atoms. The molecule has 136 valence electrons. The Morgan fingerprint density at radius 1 is 1.31 bits per heavy atom. The van der Waals surface area contributed by atoms with Crippen molar-refractivity contribution < 1.29 is 19.5 Å². The van der Waals surface area contributed by atoms with Crippen LogP contribution < -0.4 is 5.48 Å². The van der Waals surface area contributed by atoms with Crippen LogP contribution in [0.15, 0.2) is 41.7 Å². The summed E-state index contributed by atoms with van der Waals surface area (Å²) in [6.07, 6.45) is 8.53. The molecule has 3 aliphatic rings. The highest BCUT2D eigenvalue weighted by molar-refractivity contribution is 5.93. The first-order valence-corrected chi connectivity index (χ1v) is 8.61. The van der Waals surface area contributed by atoms with E-state index in [0.717, 1.165) is 17.7 Å². The van der Waals surface area contributed by atoms with Gasteiger partial charge in [-0.1, -0.05) is 18.2 Å². The predicted molar refractivity (Wildman–Crippen MR) is 90.9 cm³/mol. The van der Waals surface area contributed by atoms with E-state index in [0.29, 0.717) is 25.4 Å². The number of amides is 2. The number of hydroxylamine groups is 1. The zero-order valence-corrected chi connectivity index (χ0v) is 14.4. The van der Waals surface area contributed by atoms with Crippen LogP contribution in [0.4, 0.5) is 0 Å². The summed E-state index contributed by atoms with van der Waals surface area (Å²) in [6.45, 7) is 3.47. The molecule has 2 unspecified atom stereocenters. The number of aromatic nitrogens is 2. The number of rotatable bonds is 2. The van der Waals surface area contributed by atoms with Crippen molar-refractivity contribution in [2.75, 3.05) is 6.54 Å². The third-order valence-corrected chi connectivity index (χ3v) is 5.03. The molecule has 1 aromatic rings. The van der Waals surface area contributed by atoms with E-state index in [4.69, 9.17) is 9.94 Å². The van der Waals surface area contributed by atoms with E-state index in [1.807, 2.05) is 25.2 Å². The third-order valence-electron chi connectivity index (χ3n) is 5.03. The van der Waals surface area contributed by atoms with Gasteiger partial charge in [0, 0.05) is 19.0 Å². The van der Waals surface area contributed by atoms with E-state index in [9.17, 15) is 9.59 Å². The van der Waals surface area contributed by atoms with Gasteiger partial charge in [0.05, 0.1) is 12.2 Å². The summed E-state index contributed by atoms with van der Waals surface area (Å²) in [5.74, 6) is -0.279. The minimum atomic E-state index is -0.663. The molecule has 0 aromatic carbocycles. The second-order valence-electron chi connectivity index (χ2n) is 6.66. The van der Waals surface area contributed by atoms with Crippen molar-refractivity contribution in [3.63, 3.8) is 0 Å². The van der Waals surface area contributed by atoms with Crippen molar-refractivity contribution in [1.82, 2.24) is 20.2 Å². The zero-order valence-electron chi connectivity index (χ0n) is 14.4. The molecule has 2 aliphatic heterocycles. The fourth-order valence-electron chi connectivity index (χ4n) is 3.64. The summed E-state index contributed by atoms with van der Waals surface area (Å²) in [7, 11) is 0. The van der Waals surface area contributed by atoms with Crippen LogP contribution in [0.25, 0.3) is 0 Å². The van der Waals surface area contributed by atoms with Crippen LogP contribution in [0.2, 0.25) is 0 Å². The van der Waals surface area contributed by atoms with Gasteiger partial charge in [-0.3, -0.25) is 19.5 Å². The van der Waals surface area contributed by atoms with Crippen molar-refractivity contribution in [2.45, 2.75) is 32.5 Å². The lowest BCUT2D eigenvalue weighted by Gasteiger charge is -2.21. The molecule has 3 heterocycles. The molecule has 0 fully saturated rings. The van der Waals surface area contributed by atoms with Crippen molar-refractivity contribution in [3.8, 4) is 0 Å². The predicted octanol–water partition coefficient (Wildman–Crippen LogP) is 1.15. The fourth-order valence-corrected chi connectivity index (χ4v) is 3.64. The maximum atomic E-state index is 13.1. The molecule has 1 aliphatic carbocycles. The highest BCUT2D eigenvalue weighted by Crippen LogP contribution is 2.35. The molecule has 8 heteroatoms. The van der Waals surface area contributed by atoms with Crippen LogP contribution in [0, 0.1) is 5.92 Å². The van der Waals surface area contributed by atoms with Crippen LogP contribution in [-0.4, -0.2) is 44.4 Å². The Balaban J connectivity index is 1.56. The molecule has 0 bridgehead atoms. The second-order valence-corrected chi connectivity index (χ2v) is 6.66. The fraction of sp³-hybridized carbons (Fsp3) is 0.389. The minimum Gasteiger partial charge on any atom is -0.480 e. The van der Waals surface area contributed by atoms with Crippen LogP contribution in [-0.2, 0) is 22.6 Å². The van der Waals surface area contributed by atoms with E-state index < -0.39 is 5.91 Å². The first kappa shape index (κ1) is 16.6.